The first kappa shape index (κ1) is 9.00. The van der Waals surface area contributed by atoms with Crippen LogP contribution in [0.4, 0.5) is 5.69 Å². The van der Waals surface area contributed by atoms with E-state index in [1.54, 1.807) is 0 Å². The van der Waals surface area contributed by atoms with E-state index in [-0.39, 0.29) is 5.78 Å². The number of benzene rings is 1. The monoisotopic (exact) mass is 187 g/mol. The summed E-state index contributed by atoms with van der Waals surface area (Å²) in [6, 6.07) is 5.79. The van der Waals surface area contributed by atoms with Crippen LogP contribution in [0.5, 0.6) is 0 Å². The van der Waals surface area contributed by atoms with Crippen molar-refractivity contribution in [1.82, 2.24) is 0 Å². The van der Waals surface area contributed by atoms with E-state index in [0.29, 0.717) is 0 Å². The van der Waals surface area contributed by atoms with Crippen LogP contribution in [0.3, 0.4) is 0 Å². The second kappa shape index (κ2) is 3.66. The highest BCUT2D eigenvalue weighted by molar-refractivity contribution is 6.04. The van der Waals surface area contributed by atoms with Gasteiger partial charge in [0.2, 0.25) is 0 Å². The van der Waals surface area contributed by atoms with Crippen molar-refractivity contribution in [3.8, 4) is 0 Å². The van der Waals surface area contributed by atoms with Crippen molar-refractivity contribution in [1.29, 1.82) is 0 Å². The van der Waals surface area contributed by atoms with Crippen LogP contribution in [-0.4, -0.2) is 12.3 Å². The van der Waals surface area contributed by atoms with Crippen LogP contribution in [0.25, 0.3) is 0 Å². The van der Waals surface area contributed by atoms with Crippen molar-refractivity contribution in [2.24, 2.45) is 0 Å². The zero-order valence-electron chi connectivity index (χ0n) is 8.05. The van der Waals surface area contributed by atoms with Gasteiger partial charge >= 0.3 is 0 Å². The van der Waals surface area contributed by atoms with Crippen molar-refractivity contribution < 1.29 is 4.79 Å². The molecule has 14 heavy (non-hydrogen) atoms. The Bertz CT molecular complexity index is 382. The Kier molecular flexibility index (Phi) is 2.35. The van der Waals surface area contributed by atoms with Gasteiger partial charge in [-0.1, -0.05) is 6.58 Å². The molecule has 2 heteroatoms. The van der Waals surface area contributed by atoms with Gasteiger partial charge in [-0.05, 0) is 42.7 Å². The molecule has 0 radical (unpaired) electrons. The molecule has 0 atom stereocenters. The highest BCUT2D eigenvalue weighted by Crippen LogP contribution is 2.23. The Hall–Kier alpha value is -1.57. The third-order valence-corrected chi connectivity index (χ3v) is 2.51. The Morgan fingerprint density at radius 3 is 3.14 bits per heavy atom. The molecule has 0 amide bonds. The lowest BCUT2D eigenvalue weighted by Crippen LogP contribution is -2.12. The zero-order valence-corrected chi connectivity index (χ0v) is 8.05. The summed E-state index contributed by atoms with van der Waals surface area (Å²) in [6.07, 6.45) is 3.55. The summed E-state index contributed by atoms with van der Waals surface area (Å²) in [5.41, 5.74) is 3.14. The maximum atomic E-state index is 11.4. The number of ketones is 1. The van der Waals surface area contributed by atoms with Crippen molar-refractivity contribution in [3.63, 3.8) is 0 Å². The molecule has 2 rings (SSSR count). The average molecular weight is 187 g/mol. The molecule has 0 aliphatic carbocycles. The summed E-state index contributed by atoms with van der Waals surface area (Å²) in [4.78, 5) is 11.4. The molecule has 72 valence electrons. The number of fused-ring (bicyclic) bond motifs is 1. The quantitative estimate of drug-likeness (QED) is 0.569. The molecule has 1 aromatic carbocycles. The lowest BCUT2D eigenvalue weighted by Gasteiger charge is -2.18. The van der Waals surface area contributed by atoms with Crippen LogP contribution >= 0.6 is 0 Å². The first-order chi connectivity index (χ1) is 6.81. The summed E-state index contributed by atoms with van der Waals surface area (Å²) in [5, 5.41) is 3.31. The number of hydrogen-bond acceptors (Lipinski definition) is 2. The first-order valence-corrected chi connectivity index (χ1v) is 4.85. The third kappa shape index (κ3) is 1.55. The average Bonchev–Trinajstić information content (AvgIpc) is 2.27. The first-order valence-electron chi connectivity index (χ1n) is 4.85. The van der Waals surface area contributed by atoms with Crippen molar-refractivity contribution in [3.05, 3.63) is 42.0 Å². The third-order valence-electron chi connectivity index (χ3n) is 2.51. The van der Waals surface area contributed by atoms with Gasteiger partial charge < -0.3 is 5.32 Å². The van der Waals surface area contributed by atoms with Gasteiger partial charge in [-0.2, -0.15) is 0 Å². The van der Waals surface area contributed by atoms with E-state index in [2.05, 4.69) is 11.9 Å². The fraction of sp³-hybridized carbons (Fsp3) is 0.250. The number of rotatable bonds is 2. The Balaban J connectivity index is 2.38. The molecule has 0 fully saturated rings. The molecule has 1 aliphatic heterocycles. The van der Waals surface area contributed by atoms with Crippen LogP contribution in [0.2, 0.25) is 0 Å². The largest absolute Gasteiger partial charge is 0.385 e. The highest BCUT2D eigenvalue weighted by Gasteiger charge is 2.10. The van der Waals surface area contributed by atoms with Gasteiger partial charge in [-0.3, -0.25) is 4.79 Å². The smallest absolute Gasteiger partial charge is 0.185 e. The van der Waals surface area contributed by atoms with E-state index < -0.39 is 0 Å². The molecule has 0 aromatic heterocycles. The van der Waals surface area contributed by atoms with Crippen LogP contribution in [0.15, 0.2) is 30.9 Å². The molecule has 1 heterocycles. The normalized spacial score (nSPS) is 14.0. The fourth-order valence-electron chi connectivity index (χ4n) is 1.75. The summed E-state index contributed by atoms with van der Waals surface area (Å²) >= 11 is 0. The van der Waals surface area contributed by atoms with Gasteiger partial charge in [-0.15, -0.1) is 0 Å². The van der Waals surface area contributed by atoms with Crippen LogP contribution in [-0.2, 0) is 6.42 Å². The molecule has 2 nitrogen and oxygen atoms in total. The summed E-state index contributed by atoms with van der Waals surface area (Å²) in [6.45, 7) is 4.51. The maximum Gasteiger partial charge on any atom is 0.185 e. The number of nitrogens with one attached hydrogen (secondary N) is 1. The van der Waals surface area contributed by atoms with Crippen LogP contribution in [0, 0.1) is 0 Å². The number of carbonyl (C=O) groups excluding carboxylic acids is 1. The minimum Gasteiger partial charge on any atom is -0.385 e. The number of allylic oxidation sites excluding steroid dienone is 1. The minimum absolute atomic E-state index is 0.00151. The topological polar surface area (TPSA) is 29.1 Å². The molecule has 0 spiro atoms. The van der Waals surface area contributed by atoms with E-state index >= 15 is 0 Å². The molecular formula is C12H13NO. The summed E-state index contributed by atoms with van der Waals surface area (Å²) < 4.78 is 0. The van der Waals surface area contributed by atoms with Gasteiger partial charge in [0.15, 0.2) is 5.78 Å². The molecule has 1 aromatic rings. The van der Waals surface area contributed by atoms with Crippen molar-refractivity contribution in [2.45, 2.75) is 12.8 Å². The summed E-state index contributed by atoms with van der Waals surface area (Å²) in [7, 11) is 0. The fourth-order valence-corrected chi connectivity index (χ4v) is 1.75. The molecule has 0 unspecified atom stereocenters. The molecule has 1 aliphatic rings. The molecule has 0 bridgehead atoms. The number of hydrogen-bond donors (Lipinski definition) is 1. The zero-order chi connectivity index (χ0) is 9.97. The van der Waals surface area contributed by atoms with E-state index in [9.17, 15) is 4.79 Å². The lowest BCUT2D eigenvalue weighted by molar-refractivity contribution is 0.104. The van der Waals surface area contributed by atoms with Gasteiger partial charge in [0.05, 0.1) is 0 Å². The molecule has 0 saturated carbocycles. The Labute approximate surface area is 83.6 Å². The number of anilines is 1. The minimum atomic E-state index is -0.00151. The van der Waals surface area contributed by atoms with E-state index in [0.717, 1.165) is 30.6 Å². The molecular weight excluding hydrogens is 174 g/mol. The van der Waals surface area contributed by atoms with E-state index in [1.807, 2.05) is 18.2 Å². The van der Waals surface area contributed by atoms with Gasteiger partial charge in [0.1, 0.15) is 0 Å². The highest BCUT2D eigenvalue weighted by atomic mass is 16.1. The van der Waals surface area contributed by atoms with Crippen LogP contribution in [0.1, 0.15) is 22.3 Å². The lowest BCUT2D eigenvalue weighted by atomic mass is 9.99. The van der Waals surface area contributed by atoms with Gasteiger partial charge in [0, 0.05) is 17.8 Å². The Morgan fingerprint density at radius 2 is 2.36 bits per heavy atom. The predicted octanol–water partition coefficient (Wildman–Crippen LogP) is 2.41. The van der Waals surface area contributed by atoms with E-state index in [1.165, 1.54) is 11.6 Å². The van der Waals surface area contributed by atoms with Crippen molar-refractivity contribution in [2.75, 3.05) is 11.9 Å². The molecule has 1 N–H and O–H groups in total. The maximum absolute atomic E-state index is 11.4. The number of carbonyl (C=O) groups is 1. The van der Waals surface area contributed by atoms with Gasteiger partial charge in [0.25, 0.3) is 0 Å². The van der Waals surface area contributed by atoms with E-state index in [4.69, 9.17) is 0 Å². The second-order valence-corrected chi connectivity index (χ2v) is 3.47. The van der Waals surface area contributed by atoms with Gasteiger partial charge in [-0.25, -0.2) is 0 Å². The number of aryl methyl sites for hydroxylation is 1. The second-order valence-electron chi connectivity index (χ2n) is 3.47. The SMILES string of the molecule is C=CC(=O)c1ccc2c(c1)CCCN2. The van der Waals surface area contributed by atoms with Crippen molar-refractivity contribution >= 4 is 11.5 Å². The molecule has 0 saturated heterocycles. The Morgan fingerprint density at radius 1 is 1.50 bits per heavy atom. The van der Waals surface area contributed by atoms with Crippen LogP contribution < -0.4 is 5.32 Å². The predicted molar refractivity (Wildman–Crippen MR) is 57.8 cm³/mol. The standard InChI is InChI=1S/C12H13NO/c1-2-12(14)10-5-6-11-9(8-10)4-3-7-13-11/h2,5-6,8,13H,1,3-4,7H2. The summed E-state index contributed by atoms with van der Waals surface area (Å²) in [5.74, 6) is -0.00151.